The first kappa shape index (κ1) is 16.4. The SMILES string of the molecule is COC(=O)/C(C(=O)c1ccccc1)=C(\C)C(=O)c1ccccc1. The van der Waals surface area contributed by atoms with Crippen molar-refractivity contribution in [1.29, 1.82) is 0 Å². The minimum absolute atomic E-state index is 0.0666. The number of allylic oxidation sites excluding steroid dienone is 1. The van der Waals surface area contributed by atoms with E-state index in [4.69, 9.17) is 4.74 Å². The Labute approximate surface area is 134 Å². The summed E-state index contributed by atoms with van der Waals surface area (Å²) in [5.74, 6) is -1.73. The van der Waals surface area contributed by atoms with Crippen molar-refractivity contribution in [1.82, 2.24) is 0 Å². The molecule has 0 aliphatic rings. The number of rotatable bonds is 5. The minimum atomic E-state index is -0.819. The van der Waals surface area contributed by atoms with E-state index in [9.17, 15) is 14.4 Å². The van der Waals surface area contributed by atoms with Crippen LogP contribution in [0.3, 0.4) is 0 Å². The highest BCUT2D eigenvalue weighted by atomic mass is 16.5. The van der Waals surface area contributed by atoms with Crippen LogP contribution in [0.25, 0.3) is 0 Å². The molecule has 116 valence electrons. The molecule has 0 spiro atoms. The topological polar surface area (TPSA) is 60.4 Å². The van der Waals surface area contributed by atoms with E-state index in [0.29, 0.717) is 11.1 Å². The van der Waals surface area contributed by atoms with Gasteiger partial charge in [-0.2, -0.15) is 0 Å². The summed E-state index contributed by atoms with van der Waals surface area (Å²) in [6, 6.07) is 16.8. The van der Waals surface area contributed by atoms with Gasteiger partial charge in [0.25, 0.3) is 0 Å². The Hall–Kier alpha value is -3.01. The third kappa shape index (κ3) is 3.61. The molecule has 0 saturated heterocycles. The zero-order valence-corrected chi connectivity index (χ0v) is 12.9. The highest BCUT2D eigenvalue weighted by Crippen LogP contribution is 2.18. The Balaban J connectivity index is 2.51. The zero-order chi connectivity index (χ0) is 16.8. The lowest BCUT2D eigenvalue weighted by molar-refractivity contribution is -0.135. The van der Waals surface area contributed by atoms with Crippen LogP contribution in [0.5, 0.6) is 0 Å². The van der Waals surface area contributed by atoms with Crippen molar-refractivity contribution in [3.05, 3.63) is 82.9 Å². The average molecular weight is 308 g/mol. The molecule has 0 aromatic heterocycles. The van der Waals surface area contributed by atoms with Crippen LogP contribution in [0, 0.1) is 0 Å². The molecule has 2 aromatic rings. The van der Waals surface area contributed by atoms with E-state index in [1.54, 1.807) is 60.7 Å². The monoisotopic (exact) mass is 308 g/mol. The number of carbonyl (C=O) groups excluding carboxylic acids is 3. The normalized spacial score (nSPS) is 11.4. The third-order valence-corrected chi connectivity index (χ3v) is 3.40. The predicted molar refractivity (Wildman–Crippen MR) is 86.3 cm³/mol. The fourth-order valence-corrected chi connectivity index (χ4v) is 2.17. The van der Waals surface area contributed by atoms with Gasteiger partial charge in [-0.15, -0.1) is 0 Å². The molecule has 4 heteroatoms. The fourth-order valence-electron chi connectivity index (χ4n) is 2.17. The summed E-state index contributed by atoms with van der Waals surface area (Å²) >= 11 is 0. The average Bonchev–Trinajstić information content (AvgIpc) is 2.62. The Morgan fingerprint density at radius 2 is 1.17 bits per heavy atom. The van der Waals surface area contributed by atoms with Gasteiger partial charge in [-0.1, -0.05) is 60.7 Å². The number of hydrogen-bond donors (Lipinski definition) is 0. The van der Waals surface area contributed by atoms with Crippen molar-refractivity contribution in [3.8, 4) is 0 Å². The predicted octanol–water partition coefficient (Wildman–Crippen LogP) is 3.24. The molecule has 0 bridgehead atoms. The molecule has 0 N–H and O–H groups in total. The van der Waals surface area contributed by atoms with Gasteiger partial charge in [0.1, 0.15) is 5.57 Å². The number of methoxy groups -OCH3 is 1. The number of ether oxygens (including phenoxy) is 1. The number of esters is 1. The van der Waals surface area contributed by atoms with E-state index in [2.05, 4.69) is 0 Å². The molecule has 2 aromatic carbocycles. The van der Waals surface area contributed by atoms with Crippen LogP contribution < -0.4 is 0 Å². The molecule has 0 saturated carbocycles. The Morgan fingerprint density at radius 1 is 0.739 bits per heavy atom. The molecule has 4 nitrogen and oxygen atoms in total. The van der Waals surface area contributed by atoms with Crippen molar-refractivity contribution >= 4 is 17.5 Å². The molecule has 0 aliphatic carbocycles. The van der Waals surface area contributed by atoms with Crippen molar-refractivity contribution in [2.24, 2.45) is 0 Å². The van der Waals surface area contributed by atoms with E-state index in [1.807, 2.05) is 0 Å². The van der Waals surface area contributed by atoms with Gasteiger partial charge in [-0.3, -0.25) is 9.59 Å². The number of hydrogen-bond acceptors (Lipinski definition) is 4. The summed E-state index contributed by atoms with van der Waals surface area (Å²) in [6.45, 7) is 1.46. The van der Waals surface area contributed by atoms with Crippen molar-refractivity contribution < 1.29 is 19.1 Å². The summed E-state index contributed by atoms with van der Waals surface area (Å²) in [5.41, 5.74) is 0.560. The summed E-state index contributed by atoms with van der Waals surface area (Å²) in [6.07, 6.45) is 0. The summed E-state index contributed by atoms with van der Waals surface area (Å²) in [5, 5.41) is 0. The Kier molecular flexibility index (Phi) is 5.20. The smallest absolute Gasteiger partial charge is 0.342 e. The van der Waals surface area contributed by atoms with Crippen molar-refractivity contribution in [2.45, 2.75) is 6.92 Å². The minimum Gasteiger partial charge on any atom is -0.465 e. The lowest BCUT2D eigenvalue weighted by atomic mass is 9.94. The van der Waals surface area contributed by atoms with Gasteiger partial charge in [0.05, 0.1) is 7.11 Å². The van der Waals surface area contributed by atoms with Gasteiger partial charge in [0.2, 0.25) is 5.78 Å². The quantitative estimate of drug-likeness (QED) is 0.280. The largest absolute Gasteiger partial charge is 0.465 e. The van der Waals surface area contributed by atoms with Gasteiger partial charge in [-0.05, 0) is 6.92 Å². The van der Waals surface area contributed by atoms with Crippen LogP contribution in [-0.2, 0) is 9.53 Å². The van der Waals surface area contributed by atoms with Crippen molar-refractivity contribution in [2.75, 3.05) is 7.11 Å². The molecular weight excluding hydrogens is 292 g/mol. The van der Waals surface area contributed by atoms with Crippen LogP contribution in [0.2, 0.25) is 0 Å². The Bertz CT molecular complexity index is 758. The second kappa shape index (κ2) is 7.31. The molecule has 0 atom stereocenters. The highest BCUT2D eigenvalue weighted by Gasteiger charge is 2.26. The van der Waals surface area contributed by atoms with Gasteiger partial charge >= 0.3 is 5.97 Å². The molecule has 0 unspecified atom stereocenters. The van der Waals surface area contributed by atoms with Gasteiger partial charge in [0, 0.05) is 16.7 Å². The molecule has 23 heavy (non-hydrogen) atoms. The highest BCUT2D eigenvalue weighted by molar-refractivity contribution is 6.29. The second-order valence-electron chi connectivity index (χ2n) is 4.88. The van der Waals surface area contributed by atoms with E-state index in [0.717, 1.165) is 0 Å². The van der Waals surface area contributed by atoms with Gasteiger partial charge in [-0.25, -0.2) is 4.79 Å². The zero-order valence-electron chi connectivity index (χ0n) is 12.9. The van der Waals surface area contributed by atoms with Crippen LogP contribution in [0.15, 0.2) is 71.8 Å². The van der Waals surface area contributed by atoms with Crippen LogP contribution in [0.1, 0.15) is 27.6 Å². The van der Waals surface area contributed by atoms with E-state index < -0.39 is 11.8 Å². The van der Waals surface area contributed by atoms with Gasteiger partial charge in [0.15, 0.2) is 5.78 Å². The standard InChI is InChI=1S/C19H16O4/c1-13(17(20)14-9-5-3-6-10-14)16(19(22)23-2)18(21)15-11-7-4-8-12-15/h3-12H,1-2H3/b16-13+. The summed E-state index contributed by atoms with van der Waals surface area (Å²) in [4.78, 5) is 37.2. The maximum Gasteiger partial charge on any atom is 0.342 e. The first-order valence-corrected chi connectivity index (χ1v) is 7.05. The first-order chi connectivity index (χ1) is 11.1. The number of ketones is 2. The van der Waals surface area contributed by atoms with E-state index in [-0.39, 0.29) is 16.9 Å². The van der Waals surface area contributed by atoms with E-state index in [1.165, 1.54) is 14.0 Å². The molecular formula is C19H16O4. The van der Waals surface area contributed by atoms with E-state index >= 15 is 0 Å². The summed E-state index contributed by atoms with van der Waals surface area (Å²) in [7, 11) is 1.18. The molecule has 0 aliphatic heterocycles. The van der Waals surface area contributed by atoms with Crippen LogP contribution in [-0.4, -0.2) is 24.6 Å². The van der Waals surface area contributed by atoms with Crippen LogP contribution in [0.4, 0.5) is 0 Å². The lowest BCUT2D eigenvalue weighted by Crippen LogP contribution is -2.19. The summed E-state index contributed by atoms with van der Waals surface area (Å²) < 4.78 is 4.69. The molecule has 2 rings (SSSR count). The molecule has 0 heterocycles. The number of Topliss-reactive ketones (excluding diaryl/α,β-unsaturated/α-hetero) is 2. The van der Waals surface area contributed by atoms with Crippen LogP contribution >= 0.6 is 0 Å². The van der Waals surface area contributed by atoms with Crippen molar-refractivity contribution in [3.63, 3.8) is 0 Å². The maximum atomic E-state index is 12.6. The molecule has 0 fully saturated rings. The Morgan fingerprint density at radius 3 is 1.61 bits per heavy atom. The molecule has 0 amide bonds. The number of benzene rings is 2. The first-order valence-electron chi connectivity index (χ1n) is 7.05. The maximum absolute atomic E-state index is 12.6. The van der Waals surface area contributed by atoms with Gasteiger partial charge < -0.3 is 4.74 Å². The lowest BCUT2D eigenvalue weighted by Gasteiger charge is -2.09. The number of carbonyl (C=O) groups is 3. The second-order valence-corrected chi connectivity index (χ2v) is 4.88. The fraction of sp³-hybridized carbons (Fsp3) is 0.105. The third-order valence-electron chi connectivity index (χ3n) is 3.40. The molecule has 0 radical (unpaired) electrons.